The third-order valence-corrected chi connectivity index (χ3v) is 5.03. The van der Waals surface area contributed by atoms with Gasteiger partial charge in [0.25, 0.3) is 0 Å². The Bertz CT molecular complexity index is 817. The number of rotatable bonds is 6. The van der Waals surface area contributed by atoms with Crippen molar-refractivity contribution in [2.45, 2.75) is 37.6 Å². The molecule has 140 valence electrons. The number of piperidine rings is 1. The highest BCUT2D eigenvalue weighted by molar-refractivity contribution is 5.87. The summed E-state index contributed by atoms with van der Waals surface area (Å²) in [6.07, 6.45) is 7.47. The second-order valence-electron chi connectivity index (χ2n) is 7.16. The molecule has 0 spiro atoms. The van der Waals surface area contributed by atoms with Gasteiger partial charge >= 0.3 is 0 Å². The molecule has 1 aromatic carbocycles. The molecule has 0 bridgehead atoms. The highest BCUT2D eigenvalue weighted by atomic mass is 16.2. The summed E-state index contributed by atoms with van der Waals surface area (Å²) < 4.78 is 0. The zero-order valence-corrected chi connectivity index (χ0v) is 15.3. The summed E-state index contributed by atoms with van der Waals surface area (Å²) in [5, 5.41) is 14.7. The van der Waals surface area contributed by atoms with Crippen LogP contribution >= 0.6 is 0 Å². The van der Waals surface area contributed by atoms with Crippen LogP contribution in [0.3, 0.4) is 0 Å². The lowest BCUT2D eigenvalue weighted by Crippen LogP contribution is -2.44. The molecule has 4 rings (SSSR count). The molecule has 2 aromatic rings. The molecule has 1 saturated heterocycles. The Hall–Kier alpha value is -2.96. The molecule has 27 heavy (non-hydrogen) atoms. The van der Waals surface area contributed by atoms with Crippen LogP contribution in [0.15, 0.2) is 43.1 Å². The molecular weight excluding hydrogens is 340 g/mol. The van der Waals surface area contributed by atoms with Gasteiger partial charge in [-0.3, -0.25) is 4.79 Å². The molecular formula is C20H24N6O. The highest BCUT2D eigenvalue weighted by Gasteiger charge is 2.23. The van der Waals surface area contributed by atoms with Gasteiger partial charge in [-0.25, -0.2) is 0 Å². The van der Waals surface area contributed by atoms with Crippen molar-refractivity contribution in [1.82, 2.24) is 20.1 Å². The second kappa shape index (κ2) is 7.73. The van der Waals surface area contributed by atoms with Gasteiger partial charge in [0.05, 0.1) is 6.20 Å². The molecule has 1 aliphatic carbocycles. The van der Waals surface area contributed by atoms with Crippen molar-refractivity contribution in [1.29, 1.82) is 0 Å². The third-order valence-electron chi connectivity index (χ3n) is 5.03. The fourth-order valence-corrected chi connectivity index (χ4v) is 3.43. The number of nitrogens with one attached hydrogen (secondary N) is 2. The first kappa shape index (κ1) is 17.5. The molecule has 1 unspecified atom stereocenters. The Morgan fingerprint density at radius 1 is 1.22 bits per heavy atom. The van der Waals surface area contributed by atoms with Gasteiger partial charge in [0.1, 0.15) is 0 Å². The minimum atomic E-state index is -0.0365. The summed E-state index contributed by atoms with van der Waals surface area (Å²) in [5.41, 5.74) is 2.38. The van der Waals surface area contributed by atoms with Gasteiger partial charge in [-0.2, -0.15) is 10.1 Å². The van der Waals surface area contributed by atoms with Crippen molar-refractivity contribution in [3.05, 3.63) is 48.7 Å². The number of likely N-dealkylation sites (tertiary alicyclic amines) is 1. The molecule has 7 nitrogen and oxygen atoms in total. The summed E-state index contributed by atoms with van der Waals surface area (Å²) in [5.74, 6) is 1.82. The van der Waals surface area contributed by atoms with E-state index in [0.717, 1.165) is 31.0 Å². The van der Waals surface area contributed by atoms with Gasteiger partial charge in [-0.15, -0.1) is 5.10 Å². The van der Waals surface area contributed by atoms with E-state index >= 15 is 0 Å². The minimum Gasteiger partial charge on any atom is -0.348 e. The monoisotopic (exact) mass is 364 g/mol. The van der Waals surface area contributed by atoms with Crippen LogP contribution in [0.2, 0.25) is 0 Å². The maximum absolute atomic E-state index is 11.8. The van der Waals surface area contributed by atoms with E-state index in [1.165, 1.54) is 24.5 Å². The van der Waals surface area contributed by atoms with Gasteiger partial charge in [0.2, 0.25) is 11.9 Å². The Morgan fingerprint density at radius 3 is 2.78 bits per heavy atom. The molecule has 2 aliphatic rings. The maximum Gasteiger partial charge on any atom is 0.246 e. The van der Waals surface area contributed by atoms with Gasteiger partial charge in [0.15, 0.2) is 5.82 Å². The largest absolute Gasteiger partial charge is 0.348 e. The number of anilines is 3. The first-order valence-electron chi connectivity index (χ1n) is 9.46. The molecule has 7 heteroatoms. The van der Waals surface area contributed by atoms with E-state index in [1.807, 2.05) is 0 Å². The van der Waals surface area contributed by atoms with Gasteiger partial charge in [0, 0.05) is 24.8 Å². The van der Waals surface area contributed by atoms with Crippen LogP contribution in [0.4, 0.5) is 17.5 Å². The van der Waals surface area contributed by atoms with E-state index in [9.17, 15) is 4.79 Å². The van der Waals surface area contributed by atoms with Crippen LogP contribution in [-0.2, 0) is 4.79 Å². The van der Waals surface area contributed by atoms with E-state index in [0.29, 0.717) is 18.3 Å². The molecule has 1 aromatic heterocycles. The summed E-state index contributed by atoms with van der Waals surface area (Å²) in [6, 6.07) is 8.59. The zero-order chi connectivity index (χ0) is 18.6. The molecule has 2 heterocycles. The van der Waals surface area contributed by atoms with Crippen molar-refractivity contribution in [2.24, 2.45) is 0 Å². The SMILES string of the molecule is C=CC(=O)N1CCCC(Nc2nncc(Nc3ccc(C4CC4)cc3)n2)C1. The van der Waals surface area contributed by atoms with Crippen molar-refractivity contribution >= 4 is 23.4 Å². The molecule has 2 N–H and O–H groups in total. The van der Waals surface area contributed by atoms with E-state index in [-0.39, 0.29) is 11.9 Å². The summed E-state index contributed by atoms with van der Waals surface area (Å²) in [4.78, 5) is 18.1. The molecule has 1 aliphatic heterocycles. The average molecular weight is 364 g/mol. The van der Waals surface area contributed by atoms with E-state index < -0.39 is 0 Å². The van der Waals surface area contributed by atoms with Gasteiger partial charge in [-0.05, 0) is 55.4 Å². The normalized spacial score (nSPS) is 19.4. The molecule has 1 amide bonds. The molecule has 2 fully saturated rings. The Kier molecular flexibility index (Phi) is 5.00. The topological polar surface area (TPSA) is 83.0 Å². The number of hydrogen-bond acceptors (Lipinski definition) is 6. The van der Waals surface area contributed by atoms with E-state index in [1.54, 1.807) is 11.1 Å². The van der Waals surface area contributed by atoms with Crippen molar-refractivity contribution in [2.75, 3.05) is 23.7 Å². The summed E-state index contributed by atoms with van der Waals surface area (Å²) in [7, 11) is 0. The lowest BCUT2D eigenvalue weighted by Gasteiger charge is -2.32. The van der Waals surface area contributed by atoms with Crippen molar-refractivity contribution < 1.29 is 4.79 Å². The first-order valence-corrected chi connectivity index (χ1v) is 9.46. The first-order chi connectivity index (χ1) is 13.2. The quantitative estimate of drug-likeness (QED) is 0.767. The standard InChI is InChI=1S/C20H24N6O/c1-2-19(27)26-11-3-4-17(13-26)23-20-24-18(12-21-25-20)22-16-9-7-15(8-10-16)14-5-6-14/h2,7-10,12,14,17H,1,3-6,11,13H2,(H2,22,23,24,25). The summed E-state index contributed by atoms with van der Waals surface area (Å²) in [6.45, 7) is 4.94. The van der Waals surface area contributed by atoms with Crippen LogP contribution in [0, 0.1) is 0 Å². The molecule has 1 saturated carbocycles. The maximum atomic E-state index is 11.8. The lowest BCUT2D eigenvalue weighted by atomic mass is 10.1. The predicted molar refractivity (Wildman–Crippen MR) is 105 cm³/mol. The fraction of sp³-hybridized carbons (Fsp3) is 0.400. The second-order valence-corrected chi connectivity index (χ2v) is 7.16. The van der Waals surface area contributed by atoms with Crippen LogP contribution in [0.5, 0.6) is 0 Å². The predicted octanol–water partition coefficient (Wildman–Crippen LogP) is 3.08. The van der Waals surface area contributed by atoms with Crippen LogP contribution in [0.1, 0.15) is 37.2 Å². The van der Waals surface area contributed by atoms with Crippen molar-refractivity contribution in [3.63, 3.8) is 0 Å². The Morgan fingerprint density at radius 2 is 2.04 bits per heavy atom. The molecule has 1 atom stereocenters. The van der Waals surface area contributed by atoms with Crippen molar-refractivity contribution in [3.8, 4) is 0 Å². The zero-order valence-electron chi connectivity index (χ0n) is 15.3. The third kappa shape index (κ3) is 4.42. The lowest BCUT2D eigenvalue weighted by molar-refractivity contribution is -0.127. The Labute approximate surface area is 158 Å². The number of nitrogens with zero attached hydrogens (tertiary/aromatic N) is 4. The Balaban J connectivity index is 1.38. The van der Waals surface area contributed by atoms with Crippen LogP contribution in [0.25, 0.3) is 0 Å². The number of hydrogen-bond donors (Lipinski definition) is 2. The van der Waals surface area contributed by atoms with E-state index in [2.05, 4.69) is 56.7 Å². The number of benzene rings is 1. The fourth-order valence-electron chi connectivity index (χ4n) is 3.43. The number of carbonyl (C=O) groups is 1. The summed E-state index contributed by atoms with van der Waals surface area (Å²) >= 11 is 0. The smallest absolute Gasteiger partial charge is 0.246 e. The number of amides is 1. The van der Waals surface area contributed by atoms with Crippen LogP contribution < -0.4 is 10.6 Å². The highest BCUT2D eigenvalue weighted by Crippen LogP contribution is 2.40. The minimum absolute atomic E-state index is 0.0365. The molecule has 0 radical (unpaired) electrons. The van der Waals surface area contributed by atoms with E-state index in [4.69, 9.17) is 0 Å². The van der Waals surface area contributed by atoms with Crippen LogP contribution in [-0.4, -0.2) is 45.1 Å². The number of aromatic nitrogens is 3. The van der Waals surface area contributed by atoms with Gasteiger partial charge < -0.3 is 15.5 Å². The number of carbonyl (C=O) groups excluding carboxylic acids is 1. The van der Waals surface area contributed by atoms with Gasteiger partial charge in [-0.1, -0.05) is 18.7 Å². The average Bonchev–Trinajstić information content (AvgIpc) is 3.54.